The molecule has 0 bridgehead atoms. The number of carboxylic acid groups (broad SMARTS) is 1. The van der Waals surface area contributed by atoms with Gasteiger partial charge in [0.25, 0.3) is 0 Å². The Morgan fingerprint density at radius 1 is 1.53 bits per heavy atom. The van der Waals surface area contributed by atoms with Crippen molar-refractivity contribution in [3.63, 3.8) is 0 Å². The van der Waals surface area contributed by atoms with Crippen molar-refractivity contribution in [2.24, 2.45) is 0 Å². The molecule has 4 nitrogen and oxygen atoms in total. The van der Waals surface area contributed by atoms with Crippen LogP contribution in [-0.2, 0) is 0 Å². The number of pyridine rings is 1. The zero-order valence-electron chi connectivity index (χ0n) is 8.26. The van der Waals surface area contributed by atoms with Crippen LogP contribution >= 0.6 is 0 Å². The number of hydrogen-bond acceptors (Lipinski definition) is 2. The Morgan fingerprint density at radius 3 is 2.93 bits per heavy atom. The van der Waals surface area contributed by atoms with Gasteiger partial charge in [-0.25, -0.2) is 4.79 Å². The van der Waals surface area contributed by atoms with E-state index in [0.717, 1.165) is 12.0 Å². The molecule has 0 saturated carbocycles. The standard InChI is InChI=1S/C11H12N2O2/c14-11(15)13-6-3-9(4-7-13)10-2-1-5-12-8-10/h1-3,5,8H,4,6-7H2,(H,14,15). The average molecular weight is 204 g/mol. The lowest BCUT2D eigenvalue weighted by Gasteiger charge is -2.23. The van der Waals surface area contributed by atoms with Crippen molar-refractivity contribution in [2.75, 3.05) is 13.1 Å². The van der Waals surface area contributed by atoms with Crippen LogP contribution in [0.3, 0.4) is 0 Å². The molecule has 15 heavy (non-hydrogen) atoms. The van der Waals surface area contributed by atoms with Crippen molar-refractivity contribution in [1.29, 1.82) is 0 Å². The molecule has 1 aliphatic heterocycles. The zero-order valence-corrected chi connectivity index (χ0v) is 8.26. The van der Waals surface area contributed by atoms with Crippen LogP contribution in [0.15, 0.2) is 30.6 Å². The van der Waals surface area contributed by atoms with Gasteiger partial charge in [-0.1, -0.05) is 12.1 Å². The number of aromatic nitrogens is 1. The molecule has 1 aliphatic rings. The minimum Gasteiger partial charge on any atom is -0.465 e. The third kappa shape index (κ3) is 2.15. The minimum atomic E-state index is -0.850. The van der Waals surface area contributed by atoms with Gasteiger partial charge in [0, 0.05) is 25.5 Å². The van der Waals surface area contributed by atoms with Gasteiger partial charge in [0.1, 0.15) is 0 Å². The molecule has 4 heteroatoms. The summed E-state index contributed by atoms with van der Waals surface area (Å²) in [5.74, 6) is 0. The Labute approximate surface area is 87.9 Å². The van der Waals surface area contributed by atoms with E-state index in [1.165, 1.54) is 10.5 Å². The quantitative estimate of drug-likeness (QED) is 0.759. The highest BCUT2D eigenvalue weighted by Gasteiger charge is 2.16. The molecule has 0 aromatic carbocycles. The van der Waals surface area contributed by atoms with Crippen molar-refractivity contribution >= 4 is 11.7 Å². The fourth-order valence-electron chi connectivity index (χ4n) is 1.66. The largest absolute Gasteiger partial charge is 0.465 e. The van der Waals surface area contributed by atoms with Gasteiger partial charge in [0.05, 0.1) is 0 Å². The van der Waals surface area contributed by atoms with Gasteiger partial charge in [-0.3, -0.25) is 4.98 Å². The Morgan fingerprint density at radius 2 is 2.40 bits per heavy atom. The Kier molecular flexibility index (Phi) is 2.67. The second-order valence-corrected chi connectivity index (χ2v) is 3.45. The van der Waals surface area contributed by atoms with E-state index in [4.69, 9.17) is 5.11 Å². The highest BCUT2D eigenvalue weighted by Crippen LogP contribution is 2.21. The lowest BCUT2D eigenvalue weighted by Crippen LogP contribution is -2.33. The van der Waals surface area contributed by atoms with Gasteiger partial charge in [-0.2, -0.15) is 0 Å². The molecule has 2 rings (SSSR count). The molecule has 2 heterocycles. The SMILES string of the molecule is O=C(O)N1CC=C(c2cccnc2)CC1. The number of nitrogens with zero attached hydrogens (tertiary/aromatic N) is 2. The van der Waals surface area contributed by atoms with E-state index in [1.54, 1.807) is 6.20 Å². The maximum atomic E-state index is 10.7. The van der Waals surface area contributed by atoms with Gasteiger partial charge in [-0.15, -0.1) is 0 Å². The van der Waals surface area contributed by atoms with Crippen LogP contribution in [0.1, 0.15) is 12.0 Å². The maximum Gasteiger partial charge on any atom is 0.407 e. The van der Waals surface area contributed by atoms with E-state index in [2.05, 4.69) is 4.98 Å². The van der Waals surface area contributed by atoms with E-state index in [0.29, 0.717) is 13.1 Å². The predicted octanol–water partition coefficient (Wildman–Crippen LogP) is 1.85. The molecule has 78 valence electrons. The van der Waals surface area contributed by atoms with Crippen LogP contribution < -0.4 is 0 Å². The van der Waals surface area contributed by atoms with Gasteiger partial charge < -0.3 is 10.0 Å². The fourth-order valence-corrected chi connectivity index (χ4v) is 1.66. The molecule has 0 unspecified atom stereocenters. The lowest BCUT2D eigenvalue weighted by atomic mass is 10.0. The molecule has 1 amide bonds. The third-order valence-electron chi connectivity index (χ3n) is 2.51. The second kappa shape index (κ2) is 4.13. The van der Waals surface area contributed by atoms with E-state index < -0.39 is 6.09 Å². The first kappa shape index (κ1) is 9.71. The van der Waals surface area contributed by atoms with E-state index in [9.17, 15) is 4.79 Å². The summed E-state index contributed by atoms with van der Waals surface area (Å²) >= 11 is 0. The van der Waals surface area contributed by atoms with Crippen molar-refractivity contribution in [3.8, 4) is 0 Å². The summed E-state index contributed by atoms with van der Waals surface area (Å²) in [6, 6.07) is 3.88. The Balaban J connectivity index is 2.12. The molecule has 0 aliphatic carbocycles. The van der Waals surface area contributed by atoms with Gasteiger partial charge in [0.2, 0.25) is 0 Å². The summed E-state index contributed by atoms with van der Waals surface area (Å²) < 4.78 is 0. The fraction of sp³-hybridized carbons (Fsp3) is 0.273. The number of rotatable bonds is 1. The van der Waals surface area contributed by atoms with Gasteiger partial charge in [-0.05, 0) is 23.6 Å². The molecule has 0 fully saturated rings. The zero-order chi connectivity index (χ0) is 10.7. The van der Waals surface area contributed by atoms with E-state index in [1.807, 2.05) is 24.4 Å². The normalized spacial score (nSPS) is 16.0. The highest BCUT2D eigenvalue weighted by molar-refractivity contribution is 5.70. The number of amides is 1. The molecule has 1 aromatic rings. The summed E-state index contributed by atoms with van der Waals surface area (Å²) in [5.41, 5.74) is 2.27. The van der Waals surface area contributed by atoms with Gasteiger partial charge >= 0.3 is 6.09 Å². The monoisotopic (exact) mass is 204 g/mol. The van der Waals surface area contributed by atoms with Crippen LogP contribution in [0.2, 0.25) is 0 Å². The third-order valence-corrected chi connectivity index (χ3v) is 2.51. The topological polar surface area (TPSA) is 53.4 Å². The summed E-state index contributed by atoms with van der Waals surface area (Å²) in [4.78, 5) is 16.1. The Bertz CT molecular complexity index is 387. The molecular weight excluding hydrogens is 192 g/mol. The maximum absolute atomic E-state index is 10.7. The first-order valence-corrected chi connectivity index (χ1v) is 4.84. The van der Waals surface area contributed by atoms with Crippen molar-refractivity contribution in [3.05, 3.63) is 36.2 Å². The van der Waals surface area contributed by atoms with Crippen LogP contribution in [0.4, 0.5) is 4.79 Å². The average Bonchev–Trinajstić information content (AvgIpc) is 2.30. The highest BCUT2D eigenvalue weighted by atomic mass is 16.4. The Hall–Kier alpha value is -1.84. The van der Waals surface area contributed by atoms with Crippen LogP contribution in [-0.4, -0.2) is 34.2 Å². The number of hydrogen-bond donors (Lipinski definition) is 1. The smallest absolute Gasteiger partial charge is 0.407 e. The van der Waals surface area contributed by atoms with Crippen molar-refractivity contribution in [2.45, 2.75) is 6.42 Å². The predicted molar refractivity (Wildman–Crippen MR) is 56.4 cm³/mol. The van der Waals surface area contributed by atoms with E-state index in [-0.39, 0.29) is 0 Å². The van der Waals surface area contributed by atoms with Crippen LogP contribution in [0.25, 0.3) is 5.57 Å². The second-order valence-electron chi connectivity index (χ2n) is 3.45. The summed E-state index contributed by atoms with van der Waals surface area (Å²) in [6.07, 6.45) is 5.40. The molecule has 1 N–H and O–H groups in total. The van der Waals surface area contributed by atoms with Crippen LogP contribution in [0.5, 0.6) is 0 Å². The first-order chi connectivity index (χ1) is 7.27. The summed E-state index contributed by atoms with van der Waals surface area (Å²) in [6.45, 7) is 1.04. The first-order valence-electron chi connectivity index (χ1n) is 4.84. The minimum absolute atomic E-state index is 0.472. The van der Waals surface area contributed by atoms with Gasteiger partial charge in [0.15, 0.2) is 0 Å². The molecular formula is C11H12N2O2. The van der Waals surface area contributed by atoms with Crippen molar-refractivity contribution < 1.29 is 9.90 Å². The summed E-state index contributed by atoms with van der Waals surface area (Å²) in [7, 11) is 0. The number of carbonyl (C=O) groups is 1. The molecule has 0 spiro atoms. The van der Waals surface area contributed by atoms with Crippen LogP contribution in [0, 0.1) is 0 Å². The molecule has 0 saturated heterocycles. The van der Waals surface area contributed by atoms with Crippen molar-refractivity contribution in [1.82, 2.24) is 9.88 Å². The molecule has 0 atom stereocenters. The summed E-state index contributed by atoms with van der Waals surface area (Å²) in [5, 5.41) is 8.78. The molecule has 1 aromatic heterocycles. The molecule has 0 radical (unpaired) electrons. The lowest BCUT2D eigenvalue weighted by molar-refractivity contribution is 0.150. The van der Waals surface area contributed by atoms with E-state index >= 15 is 0 Å².